The van der Waals surface area contributed by atoms with Gasteiger partial charge in [0.05, 0.1) is 23.3 Å². The second-order valence-electron chi connectivity index (χ2n) is 8.00. The third kappa shape index (κ3) is 4.32. The molecule has 0 bridgehead atoms. The summed E-state index contributed by atoms with van der Waals surface area (Å²) in [5.74, 6) is -2.39. The number of fused-ring (bicyclic) bond motifs is 1. The van der Waals surface area contributed by atoms with Crippen molar-refractivity contribution in [1.29, 1.82) is 0 Å². The molecule has 0 aliphatic carbocycles. The Labute approximate surface area is 196 Å². The van der Waals surface area contributed by atoms with Gasteiger partial charge in [-0.25, -0.2) is 9.37 Å². The van der Waals surface area contributed by atoms with Crippen LogP contribution in [0.1, 0.15) is 43.4 Å². The van der Waals surface area contributed by atoms with Crippen molar-refractivity contribution in [3.8, 4) is 11.1 Å². The van der Waals surface area contributed by atoms with Gasteiger partial charge in [0, 0.05) is 27.8 Å². The van der Waals surface area contributed by atoms with Crippen LogP contribution in [0, 0.1) is 19.7 Å². The minimum atomic E-state index is -4.94. The average molecular weight is 485 g/mol. The highest BCUT2D eigenvalue weighted by Crippen LogP contribution is 2.42. The molecule has 0 radical (unpaired) electrons. The molecule has 0 atom stereocenters. The smallest absolute Gasteiger partial charge is 0.366 e. The zero-order chi connectivity index (χ0) is 25.7. The Balaban J connectivity index is 2.05. The molecule has 2 heterocycles. The van der Waals surface area contributed by atoms with Crippen LogP contribution in [0.3, 0.4) is 0 Å². The van der Waals surface area contributed by atoms with Gasteiger partial charge in [0.1, 0.15) is 5.82 Å². The number of halogens is 4. The van der Waals surface area contributed by atoms with Crippen molar-refractivity contribution < 1.29 is 27.2 Å². The molecule has 2 amide bonds. The quantitative estimate of drug-likeness (QED) is 0.414. The highest BCUT2D eigenvalue weighted by molar-refractivity contribution is 6.13. The summed E-state index contributed by atoms with van der Waals surface area (Å²) in [6.07, 6.45) is -4.94. The van der Waals surface area contributed by atoms with Gasteiger partial charge in [0.25, 0.3) is 0 Å². The van der Waals surface area contributed by atoms with Crippen LogP contribution in [0.5, 0.6) is 0 Å². The van der Waals surface area contributed by atoms with Gasteiger partial charge in [-0.05, 0) is 49.7 Å². The lowest BCUT2D eigenvalue weighted by atomic mass is 9.91. The molecular formula is C24H19F4N5O2. The van der Waals surface area contributed by atoms with Crippen LogP contribution >= 0.6 is 0 Å². The summed E-state index contributed by atoms with van der Waals surface area (Å²) >= 11 is 0. The molecule has 0 aliphatic heterocycles. The van der Waals surface area contributed by atoms with Crippen molar-refractivity contribution in [2.24, 2.45) is 11.5 Å². The molecule has 0 saturated heterocycles. The van der Waals surface area contributed by atoms with E-state index in [2.05, 4.69) is 10.1 Å². The van der Waals surface area contributed by atoms with E-state index < -0.39 is 40.6 Å². The first-order chi connectivity index (χ1) is 16.4. The van der Waals surface area contributed by atoms with Gasteiger partial charge in [0.15, 0.2) is 5.69 Å². The van der Waals surface area contributed by atoms with E-state index in [0.29, 0.717) is 11.3 Å². The number of benzene rings is 2. The topological polar surface area (TPSA) is 117 Å². The molecule has 0 spiro atoms. The zero-order valence-electron chi connectivity index (χ0n) is 18.6. The first-order valence-electron chi connectivity index (χ1n) is 10.3. The molecular weight excluding hydrogens is 466 g/mol. The van der Waals surface area contributed by atoms with Gasteiger partial charge in [-0.1, -0.05) is 12.1 Å². The lowest BCUT2D eigenvalue weighted by Crippen LogP contribution is -2.20. The molecule has 7 nitrogen and oxygen atoms in total. The summed E-state index contributed by atoms with van der Waals surface area (Å²) in [6, 6.07) is 9.19. The summed E-state index contributed by atoms with van der Waals surface area (Å²) in [6.45, 7) is 3.19. The van der Waals surface area contributed by atoms with Crippen LogP contribution < -0.4 is 11.5 Å². The third-order valence-corrected chi connectivity index (χ3v) is 5.66. The first-order valence-corrected chi connectivity index (χ1v) is 10.3. The van der Waals surface area contributed by atoms with Gasteiger partial charge in [0.2, 0.25) is 11.8 Å². The van der Waals surface area contributed by atoms with E-state index in [0.717, 1.165) is 0 Å². The number of primary amides is 2. The van der Waals surface area contributed by atoms with Crippen molar-refractivity contribution in [2.75, 3.05) is 0 Å². The van der Waals surface area contributed by atoms with Crippen LogP contribution in [0.15, 0.2) is 42.5 Å². The van der Waals surface area contributed by atoms with E-state index in [1.54, 1.807) is 6.92 Å². The van der Waals surface area contributed by atoms with Crippen molar-refractivity contribution in [3.05, 3.63) is 82.1 Å². The van der Waals surface area contributed by atoms with Gasteiger partial charge in [-0.15, -0.1) is 0 Å². The molecule has 0 unspecified atom stereocenters. The molecule has 0 saturated carbocycles. The van der Waals surface area contributed by atoms with Crippen molar-refractivity contribution >= 4 is 22.7 Å². The number of nitrogens with zero attached hydrogens (tertiary/aromatic N) is 3. The fourth-order valence-corrected chi connectivity index (χ4v) is 4.10. The Morgan fingerprint density at radius 3 is 2.20 bits per heavy atom. The number of alkyl halides is 3. The van der Waals surface area contributed by atoms with E-state index in [9.17, 15) is 27.2 Å². The van der Waals surface area contributed by atoms with E-state index in [-0.39, 0.29) is 34.3 Å². The summed E-state index contributed by atoms with van der Waals surface area (Å²) in [5.41, 5.74) is 9.64. The van der Waals surface area contributed by atoms with E-state index in [1.807, 2.05) is 0 Å². The molecule has 2 aromatic carbocycles. The Hall–Kier alpha value is -4.28. The second kappa shape index (κ2) is 8.49. The Kier molecular flexibility index (Phi) is 5.79. The molecule has 2 aromatic heterocycles. The number of carbonyl (C=O) groups excluding carboxylic acids is 2. The van der Waals surface area contributed by atoms with Crippen molar-refractivity contribution in [2.45, 2.75) is 26.6 Å². The predicted octanol–water partition coefficient (Wildman–Crippen LogP) is 4.12. The molecule has 11 heteroatoms. The SMILES string of the molecule is Cc1nn(Cc2ccc(F)cc2)c(C)c1-c1c(C(F)(F)F)nc2ccc(C(N)=O)cc2c1C(N)=O. The number of nitrogens with two attached hydrogens (primary N) is 2. The second-order valence-corrected chi connectivity index (χ2v) is 8.00. The minimum absolute atomic E-state index is 0.0204. The molecule has 180 valence electrons. The number of aromatic nitrogens is 3. The summed E-state index contributed by atoms with van der Waals surface area (Å²) in [7, 11) is 0. The molecule has 4 rings (SSSR count). The molecule has 0 fully saturated rings. The molecule has 0 aliphatic rings. The zero-order valence-corrected chi connectivity index (χ0v) is 18.6. The number of aryl methyl sites for hydroxylation is 1. The maximum Gasteiger partial charge on any atom is 0.434 e. The maximum absolute atomic E-state index is 14.2. The Bertz CT molecular complexity index is 1490. The van der Waals surface area contributed by atoms with Crippen LogP contribution in [0.25, 0.3) is 22.0 Å². The number of rotatable bonds is 5. The lowest BCUT2D eigenvalue weighted by Gasteiger charge is -2.18. The number of pyridine rings is 1. The molecule has 4 aromatic rings. The van der Waals surface area contributed by atoms with E-state index in [4.69, 9.17) is 11.5 Å². The molecule has 4 N–H and O–H groups in total. The van der Waals surface area contributed by atoms with Crippen LogP contribution in [-0.2, 0) is 12.7 Å². The normalized spacial score (nSPS) is 11.7. The van der Waals surface area contributed by atoms with Crippen molar-refractivity contribution in [3.63, 3.8) is 0 Å². The number of hydrogen-bond donors (Lipinski definition) is 2. The Morgan fingerprint density at radius 1 is 0.971 bits per heavy atom. The number of carbonyl (C=O) groups is 2. The summed E-state index contributed by atoms with van der Waals surface area (Å²) in [4.78, 5) is 28.0. The van der Waals surface area contributed by atoms with Gasteiger partial charge in [-0.3, -0.25) is 14.3 Å². The van der Waals surface area contributed by atoms with E-state index >= 15 is 0 Å². The molecule has 35 heavy (non-hydrogen) atoms. The van der Waals surface area contributed by atoms with Crippen LogP contribution in [-0.4, -0.2) is 26.6 Å². The third-order valence-electron chi connectivity index (χ3n) is 5.66. The van der Waals surface area contributed by atoms with Gasteiger partial charge in [-0.2, -0.15) is 18.3 Å². The standard InChI is InChI=1S/C24H19F4N5O2/c1-11-18(12(2)33(32-11)10-13-3-6-15(25)7-4-13)20-19(23(30)35)16-9-14(22(29)34)5-8-17(16)31-21(20)24(26,27)28/h3-9H,10H2,1-2H3,(H2,29,34)(H2,30,35). The number of amides is 2. The first kappa shape index (κ1) is 23.9. The fraction of sp³-hybridized carbons (Fsp3) is 0.167. The van der Waals surface area contributed by atoms with E-state index in [1.165, 1.54) is 54.1 Å². The van der Waals surface area contributed by atoms with Crippen molar-refractivity contribution in [1.82, 2.24) is 14.8 Å². The highest BCUT2D eigenvalue weighted by Gasteiger charge is 2.40. The lowest BCUT2D eigenvalue weighted by molar-refractivity contribution is -0.140. The minimum Gasteiger partial charge on any atom is -0.366 e. The predicted molar refractivity (Wildman–Crippen MR) is 120 cm³/mol. The van der Waals surface area contributed by atoms with Gasteiger partial charge < -0.3 is 11.5 Å². The summed E-state index contributed by atoms with van der Waals surface area (Å²) in [5, 5.41) is 4.32. The van der Waals surface area contributed by atoms with Crippen LogP contribution in [0.2, 0.25) is 0 Å². The average Bonchev–Trinajstić information content (AvgIpc) is 3.05. The Morgan fingerprint density at radius 2 is 1.63 bits per heavy atom. The summed E-state index contributed by atoms with van der Waals surface area (Å²) < 4.78 is 57.4. The maximum atomic E-state index is 14.2. The highest BCUT2D eigenvalue weighted by atomic mass is 19.4. The monoisotopic (exact) mass is 485 g/mol. The fourth-order valence-electron chi connectivity index (χ4n) is 4.10. The number of hydrogen-bond acceptors (Lipinski definition) is 4. The van der Waals surface area contributed by atoms with Crippen LogP contribution in [0.4, 0.5) is 17.6 Å². The van der Waals surface area contributed by atoms with Gasteiger partial charge >= 0.3 is 6.18 Å². The largest absolute Gasteiger partial charge is 0.434 e.